The summed E-state index contributed by atoms with van der Waals surface area (Å²) in [5.74, 6) is 0.413. The van der Waals surface area contributed by atoms with Crippen LogP contribution in [0.1, 0.15) is 16.7 Å². The molecule has 0 radical (unpaired) electrons. The van der Waals surface area contributed by atoms with Crippen molar-refractivity contribution in [2.45, 2.75) is 19.7 Å². The van der Waals surface area contributed by atoms with E-state index < -0.39 is 11.7 Å². The topological polar surface area (TPSA) is 25.0 Å². The molecule has 5 heteroatoms. The molecule has 0 fully saturated rings. The van der Waals surface area contributed by atoms with Crippen molar-refractivity contribution in [3.63, 3.8) is 0 Å². The van der Waals surface area contributed by atoms with Crippen molar-refractivity contribution >= 4 is 10.9 Å². The van der Waals surface area contributed by atoms with E-state index in [1.165, 1.54) is 12.1 Å². The Morgan fingerprint density at radius 1 is 1.05 bits per heavy atom. The van der Waals surface area contributed by atoms with E-state index in [4.69, 9.17) is 4.74 Å². The molecule has 2 nitrogen and oxygen atoms in total. The molecule has 3 rings (SSSR count). The lowest BCUT2D eigenvalue weighted by molar-refractivity contribution is -0.137. The summed E-state index contributed by atoms with van der Waals surface area (Å²) < 4.78 is 43.1. The smallest absolute Gasteiger partial charge is 0.416 e. The number of halogens is 3. The molecule has 1 N–H and O–H groups in total. The zero-order valence-electron chi connectivity index (χ0n) is 11.9. The van der Waals surface area contributed by atoms with E-state index in [9.17, 15) is 13.2 Å². The zero-order chi connectivity index (χ0) is 15.7. The van der Waals surface area contributed by atoms with Crippen LogP contribution in [-0.2, 0) is 12.8 Å². The maximum Gasteiger partial charge on any atom is 0.416 e. The van der Waals surface area contributed by atoms with Crippen LogP contribution in [0, 0.1) is 6.92 Å². The first-order valence-corrected chi connectivity index (χ1v) is 6.81. The Labute approximate surface area is 125 Å². The minimum Gasteiger partial charge on any atom is -0.489 e. The number of hydrogen-bond acceptors (Lipinski definition) is 1. The summed E-state index contributed by atoms with van der Waals surface area (Å²) in [4.78, 5) is 3.17. The number of aryl methyl sites for hydroxylation is 1. The molecule has 0 saturated carbocycles. The van der Waals surface area contributed by atoms with Gasteiger partial charge in [0.05, 0.1) is 5.56 Å². The third kappa shape index (κ3) is 2.79. The first-order valence-electron chi connectivity index (χ1n) is 6.81. The average molecular weight is 305 g/mol. The quantitative estimate of drug-likeness (QED) is 0.717. The maximum atomic E-state index is 12.5. The molecule has 2 aromatic carbocycles. The Morgan fingerprint density at radius 3 is 2.45 bits per heavy atom. The van der Waals surface area contributed by atoms with Crippen LogP contribution in [0.15, 0.2) is 48.7 Å². The molecule has 114 valence electrons. The van der Waals surface area contributed by atoms with Gasteiger partial charge in [0.15, 0.2) is 0 Å². The molecule has 0 aliphatic heterocycles. The zero-order valence-corrected chi connectivity index (χ0v) is 11.9. The number of nitrogens with one attached hydrogen (secondary N) is 1. The molecule has 1 heterocycles. The number of H-pyrrole nitrogens is 1. The van der Waals surface area contributed by atoms with E-state index in [1.807, 2.05) is 31.3 Å². The van der Waals surface area contributed by atoms with Crippen LogP contribution in [0.3, 0.4) is 0 Å². The van der Waals surface area contributed by atoms with Crippen LogP contribution in [0.5, 0.6) is 5.75 Å². The first kappa shape index (κ1) is 14.5. The van der Waals surface area contributed by atoms with Gasteiger partial charge in [-0.25, -0.2) is 0 Å². The highest BCUT2D eigenvalue weighted by atomic mass is 19.4. The van der Waals surface area contributed by atoms with E-state index in [0.29, 0.717) is 12.4 Å². The van der Waals surface area contributed by atoms with Crippen LogP contribution in [0.4, 0.5) is 13.2 Å². The minimum absolute atomic E-state index is 0.302. The molecule has 0 bridgehead atoms. The number of hydrogen-bond donors (Lipinski definition) is 1. The van der Waals surface area contributed by atoms with Gasteiger partial charge in [0.25, 0.3) is 0 Å². The van der Waals surface area contributed by atoms with Crippen LogP contribution in [0.25, 0.3) is 10.9 Å². The fourth-order valence-electron chi connectivity index (χ4n) is 2.47. The van der Waals surface area contributed by atoms with Gasteiger partial charge in [0, 0.05) is 22.7 Å². The minimum atomic E-state index is -4.33. The van der Waals surface area contributed by atoms with Gasteiger partial charge in [0.1, 0.15) is 12.4 Å². The molecule has 0 atom stereocenters. The Hall–Kier alpha value is -2.43. The van der Waals surface area contributed by atoms with Crippen molar-refractivity contribution in [3.8, 4) is 5.75 Å². The van der Waals surface area contributed by atoms with Gasteiger partial charge in [-0.15, -0.1) is 0 Å². The molecule has 3 aromatic rings. The van der Waals surface area contributed by atoms with E-state index in [0.717, 1.165) is 34.2 Å². The number of aromatic amines is 1. The maximum absolute atomic E-state index is 12.5. The van der Waals surface area contributed by atoms with Crippen molar-refractivity contribution in [2.75, 3.05) is 0 Å². The second-order valence-corrected chi connectivity index (χ2v) is 5.12. The monoisotopic (exact) mass is 305 g/mol. The normalized spacial score (nSPS) is 11.8. The average Bonchev–Trinajstić information content (AvgIpc) is 2.89. The highest BCUT2D eigenvalue weighted by Crippen LogP contribution is 2.30. The summed E-state index contributed by atoms with van der Waals surface area (Å²) in [7, 11) is 0. The van der Waals surface area contributed by atoms with Crippen LogP contribution in [-0.4, -0.2) is 4.98 Å². The Bertz CT molecular complexity index is 788. The third-order valence-corrected chi connectivity index (χ3v) is 3.57. The molecule has 1 aromatic heterocycles. The standard InChI is InChI=1S/C17H14F3NO/c1-11-3-2-4-15-16(11)12(9-21-15)10-22-14-7-5-13(6-8-14)17(18,19)20/h2-9,21H,10H2,1H3. The number of rotatable bonds is 3. The first-order chi connectivity index (χ1) is 10.4. The van der Waals surface area contributed by atoms with Gasteiger partial charge in [-0.1, -0.05) is 12.1 Å². The predicted molar refractivity (Wildman–Crippen MR) is 78.8 cm³/mol. The van der Waals surface area contributed by atoms with Gasteiger partial charge in [-0.2, -0.15) is 13.2 Å². The molecule has 0 aliphatic rings. The second-order valence-electron chi connectivity index (χ2n) is 5.12. The van der Waals surface area contributed by atoms with Crippen molar-refractivity contribution in [1.29, 1.82) is 0 Å². The molecule has 0 unspecified atom stereocenters. The molecular weight excluding hydrogens is 291 g/mol. The van der Waals surface area contributed by atoms with E-state index in [2.05, 4.69) is 4.98 Å². The van der Waals surface area contributed by atoms with Crippen LogP contribution in [0.2, 0.25) is 0 Å². The van der Waals surface area contributed by atoms with Crippen molar-refractivity contribution < 1.29 is 17.9 Å². The van der Waals surface area contributed by atoms with Crippen molar-refractivity contribution in [1.82, 2.24) is 4.98 Å². The lowest BCUT2D eigenvalue weighted by atomic mass is 10.1. The van der Waals surface area contributed by atoms with Gasteiger partial charge < -0.3 is 9.72 Å². The van der Waals surface area contributed by atoms with Crippen LogP contribution >= 0.6 is 0 Å². The fourth-order valence-corrected chi connectivity index (χ4v) is 2.47. The fraction of sp³-hybridized carbons (Fsp3) is 0.176. The summed E-state index contributed by atoms with van der Waals surface area (Å²) >= 11 is 0. The van der Waals surface area contributed by atoms with Crippen LogP contribution < -0.4 is 4.74 Å². The van der Waals surface area contributed by atoms with E-state index in [1.54, 1.807) is 0 Å². The molecule has 22 heavy (non-hydrogen) atoms. The lowest BCUT2D eigenvalue weighted by Gasteiger charge is -2.09. The summed E-state index contributed by atoms with van der Waals surface area (Å²) in [6, 6.07) is 10.7. The number of alkyl halides is 3. The molecule has 0 amide bonds. The number of fused-ring (bicyclic) bond motifs is 1. The van der Waals surface area contributed by atoms with Gasteiger partial charge in [0.2, 0.25) is 0 Å². The van der Waals surface area contributed by atoms with Gasteiger partial charge in [-0.3, -0.25) is 0 Å². The van der Waals surface area contributed by atoms with Crippen molar-refractivity contribution in [2.24, 2.45) is 0 Å². The lowest BCUT2D eigenvalue weighted by Crippen LogP contribution is -2.04. The summed E-state index contributed by atoms with van der Waals surface area (Å²) in [5, 5.41) is 1.09. The SMILES string of the molecule is Cc1cccc2[nH]cc(COc3ccc(C(F)(F)F)cc3)c12. The summed E-state index contributed by atoms with van der Waals surface area (Å²) in [6.45, 7) is 2.31. The van der Waals surface area contributed by atoms with Gasteiger partial charge in [-0.05, 0) is 42.8 Å². The molecular formula is C17H14F3NO. The number of benzene rings is 2. The number of ether oxygens (including phenoxy) is 1. The predicted octanol–water partition coefficient (Wildman–Crippen LogP) is 5.07. The highest BCUT2D eigenvalue weighted by Gasteiger charge is 2.30. The van der Waals surface area contributed by atoms with Crippen molar-refractivity contribution in [3.05, 3.63) is 65.4 Å². The highest BCUT2D eigenvalue weighted by molar-refractivity contribution is 5.86. The number of aromatic nitrogens is 1. The van der Waals surface area contributed by atoms with Gasteiger partial charge >= 0.3 is 6.18 Å². The third-order valence-electron chi connectivity index (χ3n) is 3.57. The molecule has 0 spiro atoms. The molecule has 0 saturated heterocycles. The Kier molecular flexibility index (Phi) is 3.56. The largest absolute Gasteiger partial charge is 0.489 e. The van der Waals surface area contributed by atoms with E-state index >= 15 is 0 Å². The Morgan fingerprint density at radius 2 is 1.77 bits per heavy atom. The second kappa shape index (κ2) is 5.40. The summed E-state index contributed by atoms with van der Waals surface area (Å²) in [5.41, 5.74) is 2.45. The summed E-state index contributed by atoms with van der Waals surface area (Å²) in [6.07, 6.45) is -2.46. The Balaban J connectivity index is 1.77. The van der Waals surface area contributed by atoms with E-state index in [-0.39, 0.29) is 0 Å². The molecule has 0 aliphatic carbocycles.